The van der Waals surface area contributed by atoms with Crippen LogP contribution < -0.4 is 0 Å². The summed E-state index contributed by atoms with van der Waals surface area (Å²) in [6.07, 6.45) is 1.76. The fourth-order valence-electron chi connectivity index (χ4n) is 4.78. The van der Waals surface area contributed by atoms with Gasteiger partial charge in [0.2, 0.25) is 0 Å². The molecule has 2 heterocycles. The Hall–Kier alpha value is -2.80. The van der Waals surface area contributed by atoms with Crippen LogP contribution in [0, 0.1) is 17.5 Å². The lowest BCUT2D eigenvalue weighted by molar-refractivity contribution is 0.160. The van der Waals surface area contributed by atoms with Crippen LogP contribution in [0.1, 0.15) is 42.2 Å². The number of aliphatic hydroxyl groups excluding tert-OH is 1. The number of benzene rings is 3. The maximum Gasteiger partial charge on any atom is 0.123 e. The second kappa shape index (κ2) is 10.2. The molecule has 7 heteroatoms. The molecule has 0 aliphatic carbocycles. The number of unbranched alkanes of at least 4 members (excludes halogenated alkanes) is 1. The van der Waals surface area contributed by atoms with E-state index in [2.05, 4.69) is 9.47 Å². The van der Waals surface area contributed by atoms with E-state index < -0.39 is 6.10 Å². The molecule has 0 saturated carbocycles. The second-order valence-electron chi connectivity index (χ2n) is 8.67. The average Bonchev–Trinajstić information content (AvgIpc) is 3.34. The number of halogens is 4. The van der Waals surface area contributed by atoms with Crippen LogP contribution in [-0.2, 0) is 13.1 Å². The van der Waals surface area contributed by atoms with Gasteiger partial charge in [-0.2, -0.15) is 0 Å². The topological polar surface area (TPSA) is 28.4 Å². The number of aromatic nitrogens is 1. The predicted octanol–water partition coefficient (Wildman–Crippen LogP) is 6.69. The molecule has 1 aliphatic heterocycles. The first kappa shape index (κ1) is 24.3. The summed E-state index contributed by atoms with van der Waals surface area (Å²) in [6, 6.07) is 17.2. The summed E-state index contributed by atoms with van der Waals surface area (Å²) in [5, 5.41) is 11.2. The molecule has 0 fully saturated rings. The summed E-state index contributed by atoms with van der Waals surface area (Å²) in [5.74, 6) is -0.867. The third-order valence-corrected chi connectivity index (χ3v) is 6.44. The summed E-state index contributed by atoms with van der Waals surface area (Å²) in [5.41, 5.74) is 4.73. The first-order valence-electron chi connectivity index (χ1n) is 11.2. The molecule has 5 rings (SSSR count). The lowest BCUT2D eigenvalue weighted by Crippen LogP contribution is -2.19. The Kier molecular flexibility index (Phi) is 7.31. The molecule has 0 bridgehead atoms. The van der Waals surface area contributed by atoms with Gasteiger partial charge in [-0.15, -0.1) is 12.4 Å². The zero-order valence-corrected chi connectivity index (χ0v) is 19.4. The van der Waals surface area contributed by atoms with E-state index >= 15 is 0 Å². The van der Waals surface area contributed by atoms with Gasteiger partial charge in [-0.3, -0.25) is 4.90 Å². The summed E-state index contributed by atoms with van der Waals surface area (Å²) in [4.78, 5) is 2.32. The van der Waals surface area contributed by atoms with Gasteiger partial charge in [-0.1, -0.05) is 12.1 Å². The molecule has 0 saturated heterocycles. The maximum absolute atomic E-state index is 14.0. The summed E-state index contributed by atoms with van der Waals surface area (Å²) >= 11 is 0. The Morgan fingerprint density at radius 1 is 0.794 bits per heavy atom. The number of fused-ring (bicyclic) bond motifs is 3. The van der Waals surface area contributed by atoms with Crippen LogP contribution in [0.3, 0.4) is 0 Å². The largest absolute Gasteiger partial charge is 0.388 e. The van der Waals surface area contributed by atoms with Gasteiger partial charge in [-0.05, 0) is 91.5 Å². The number of rotatable bonds is 7. The van der Waals surface area contributed by atoms with E-state index in [0.29, 0.717) is 6.42 Å². The highest BCUT2D eigenvalue weighted by molar-refractivity contribution is 5.88. The van der Waals surface area contributed by atoms with Crippen LogP contribution >= 0.6 is 12.4 Å². The Balaban J connectivity index is 0.00000274. The molecule has 178 valence electrons. The van der Waals surface area contributed by atoms with E-state index in [-0.39, 0.29) is 29.9 Å². The average molecular weight is 487 g/mol. The van der Waals surface area contributed by atoms with E-state index in [1.807, 2.05) is 0 Å². The van der Waals surface area contributed by atoms with Gasteiger partial charge in [-0.25, -0.2) is 13.2 Å². The first-order valence-corrected chi connectivity index (χ1v) is 11.2. The van der Waals surface area contributed by atoms with E-state index in [1.165, 1.54) is 30.3 Å². The predicted molar refractivity (Wildman–Crippen MR) is 130 cm³/mol. The molecule has 1 unspecified atom stereocenters. The highest BCUT2D eigenvalue weighted by atomic mass is 35.5. The Morgan fingerprint density at radius 2 is 1.44 bits per heavy atom. The van der Waals surface area contributed by atoms with Crippen molar-refractivity contribution in [3.63, 3.8) is 0 Å². The smallest absolute Gasteiger partial charge is 0.123 e. The van der Waals surface area contributed by atoms with Crippen LogP contribution in [0.4, 0.5) is 13.2 Å². The van der Waals surface area contributed by atoms with Crippen LogP contribution in [-0.4, -0.2) is 21.1 Å². The zero-order chi connectivity index (χ0) is 22.9. The van der Waals surface area contributed by atoms with E-state index in [0.717, 1.165) is 65.9 Å². The minimum Gasteiger partial charge on any atom is -0.388 e. The van der Waals surface area contributed by atoms with E-state index in [1.54, 1.807) is 36.4 Å². The fraction of sp³-hybridized carbons (Fsp3) is 0.259. The Labute approximate surface area is 202 Å². The van der Waals surface area contributed by atoms with Gasteiger partial charge in [0, 0.05) is 29.9 Å². The van der Waals surface area contributed by atoms with Crippen molar-refractivity contribution >= 4 is 23.3 Å². The van der Waals surface area contributed by atoms with Crippen molar-refractivity contribution in [1.82, 2.24) is 9.47 Å². The molecule has 0 spiro atoms. The van der Waals surface area contributed by atoms with Gasteiger partial charge in [0.15, 0.2) is 0 Å². The minimum absolute atomic E-state index is 0. The van der Waals surface area contributed by atoms with E-state index in [9.17, 15) is 18.3 Å². The standard InChI is InChI=1S/C27H25F3N2O.ClH/c28-19-6-4-18(5-7-19)27(33)3-1-2-14-31-16-24-23-15-21(30)10-13-25(23)32(26(24)17-31)22-11-8-20(29)9-12-22;/h4-13,15,27,33H,1-3,14,16-17H2;1H. The molecule has 0 radical (unpaired) electrons. The molecule has 3 aromatic carbocycles. The lowest BCUT2D eigenvalue weighted by atomic mass is 10.0. The Bertz CT molecular complexity index is 1270. The number of aliphatic hydroxyl groups is 1. The molecule has 34 heavy (non-hydrogen) atoms. The SMILES string of the molecule is Cl.OC(CCCCN1Cc2c(n(-c3ccc(F)cc3)c3ccc(F)cc23)C1)c1ccc(F)cc1. The van der Waals surface area contributed by atoms with Crippen LogP contribution in [0.5, 0.6) is 0 Å². The number of nitrogens with zero attached hydrogens (tertiary/aromatic N) is 2. The number of hydrogen-bond acceptors (Lipinski definition) is 2. The third-order valence-electron chi connectivity index (χ3n) is 6.44. The quantitative estimate of drug-likeness (QED) is 0.295. The van der Waals surface area contributed by atoms with E-state index in [4.69, 9.17) is 0 Å². The molecule has 1 aliphatic rings. The summed E-state index contributed by atoms with van der Waals surface area (Å²) in [7, 11) is 0. The van der Waals surface area contributed by atoms with Crippen molar-refractivity contribution in [2.45, 2.75) is 38.5 Å². The molecule has 3 nitrogen and oxygen atoms in total. The van der Waals surface area contributed by atoms with Gasteiger partial charge in [0.1, 0.15) is 17.5 Å². The van der Waals surface area contributed by atoms with Crippen molar-refractivity contribution in [2.75, 3.05) is 6.54 Å². The number of hydrogen-bond donors (Lipinski definition) is 1. The normalized spacial score (nSPS) is 14.2. The fourth-order valence-corrected chi connectivity index (χ4v) is 4.78. The minimum atomic E-state index is -0.601. The van der Waals surface area contributed by atoms with Gasteiger partial charge < -0.3 is 9.67 Å². The maximum atomic E-state index is 14.0. The van der Waals surface area contributed by atoms with Gasteiger partial charge >= 0.3 is 0 Å². The molecule has 1 aromatic heterocycles. The molecular formula is C27H26ClF3N2O. The van der Waals surface area contributed by atoms with Crippen molar-refractivity contribution < 1.29 is 18.3 Å². The second-order valence-corrected chi connectivity index (χ2v) is 8.67. The van der Waals surface area contributed by atoms with Crippen LogP contribution in [0.15, 0.2) is 66.7 Å². The van der Waals surface area contributed by atoms with Crippen molar-refractivity contribution in [3.05, 3.63) is 101 Å². The van der Waals surface area contributed by atoms with Crippen LogP contribution in [0.25, 0.3) is 16.6 Å². The molecular weight excluding hydrogens is 461 g/mol. The van der Waals surface area contributed by atoms with Crippen molar-refractivity contribution in [2.24, 2.45) is 0 Å². The van der Waals surface area contributed by atoms with Gasteiger partial charge in [0.05, 0.1) is 11.6 Å². The summed E-state index contributed by atoms with van der Waals surface area (Å²) in [6.45, 7) is 2.30. The highest BCUT2D eigenvalue weighted by Gasteiger charge is 2.27. The van der Waals surface area contributed by atoms with Crippen LogP contribution in [0.2, 0.25) is 0 Å². The summed E-state index contributed by atoms with van der Waals surface area (Å²) < 4.78 is 42.7. The lowest BCUT2D eigenvalue weighted by Gasteiger charge is -2.18. The third kappa shape index (κ3) is 4.85. The molecule has 1 N–H and O–H groups in total. The molecule has 4 aromatic rings. The first-order chi connectivity index (χ1) is 16.0. The zero-order valence-electron chi connectivity index (χ0n) is 18.6. The van der Waals surface area contributed by atoms with Gasteiger partial charge in [0.25, 0.3) is 0 Å². The molecule has 1 atom stereocenters. The van der Waals surface area contributed by atoms with Crippen molar-refractivity contribution in [3.8, 4) is 5.69 Å². The molecule has 0 amide bonds. The van der Waals surface area contributed by atoms with Crippen molar-refractivity contribution in [1.29, 1.82) is 0 Å². The Morgan fingerprint density at radius 3 is 2.15 bits per heavy atom. The monoisotopic (exact) mass is 486 g/mol. The highest BCUT2D eigenvalue weighted by Crippen LogP contribution is 2.36.